The predicted octanol–water partition coefficient (Wildman–Crippen LogP) is 3.31. The lowest BCUT2D eigenvalue weighted by molar-refractivity contribution is -0.173. The molecule has 2 amide bonds. The number of aliphatic imine (C=N–C) groups is 1. The number of carbonyl (C=O) groups excluding carboxylic acids is 2. The van der Waals surface area contributed by atoms with Crippen molar-refractivity contribution in [2.75, 3.05) is 21.3 Å². The average Bonchev–Trinajstić information content (AvgIpc) is 3.26. The molecule has 43 heavy (non-hydrogen) atoms. The molecule has 0 radical (unpaired) electrons. The first kappa shape index (κ1) is 38.9. The molecule has 1 fully saturated rings. The zero-order valence-electron chi connectivity index (χ0n) is 24.9. The third-order valence-corrected chi connectivity index (χ3v) is 7.40. The smallest absolute Gasteiger partial charge is 0.471 e. The Kier molecular flexibility index (Phi) is 16.1. The summed E-state index contributed by atoms with van der Waals surface area (Å²) in [5.74, 6) is -2.59. The van der Waals surface area contributed by atoms with Crippen molar-refractivity contribution < 1.29 is 45.8 Å². The van der Waals surface area contributed by atoms with Gasteiger partial charge in [-0.05, 0) is 36.6 Å². The first-order chi connectivity index (χ1) is 20.1. The number of nitrogens with one attached hydrogen (secondary N) is 2. The van der Waals surface area contributed by atoms with E-state index >= 15 is 0 Å². The molecule has 1 aromatic carbocycles. The van der Waals surface area contributed by atoms with E-state index in [0.29, 0.717) is 28.2 Å². The summed E-state index contributed by atoms with van der Waals surface area (Å²) in [6, 6.07) is 4.36. The van der Waals surface area contributed by atoms with Gasteiger partial charge in [-0.15, -0.1) is 0 Å². The van der Waals surface area contributed by atoms with Crippen molar-refractivity contribution in [1.82, 2.24) is 10.0 Å². The second kappa shape index (κ2) is 17.8. The molecule has 0 aromatic heterocycles. The Morgan fingerprint density at radius 3 is 2.21 bits per heavy atom. The van der Waals surface area contributed by atoms with Gasteiger partial charge >= 0.3 is 12.1 Å². The summed E-state index contributed by atoms with van der Waals surface area (Å²) < 4.78 is 75.7. The maximum atomic E-state index is 13.0. The van der Waals surface area contributed by atoms with E-state index in [1.54, 1.807) is 6.92 Å². The highest BCUT2D eigenvalue weighted by atomic mass is 32.2. The quantitative estimate of drug-likeness (QED) is 0.125. The van der Waals surface area contributed by atoms with Crippen LogP contribution in [0.1, 0.15) is 43.6 Å². The molecule has 1 aliphatic heterocycles. The molecule has 2 rings (SSSR count). The number of hydrogen-bond acceptors (Lipinski definition) is 8. The maximum absolute atomic E-state index is 13.0. The van der Waals surface area contributed by atoms with Crippen molar-refractivity contribution in [2.45, 2.75) is 51.1 Å². The van der Waals surface area contributed by atoms with Gasteiger partial charge in [0.05, 0.1) is 32.4 Å². The monoisotopic (exact) mass is 632 g/mol. The van der Waals surface area contributed by atoms with Crippen LogP contribution in [-0.4, -0.2) is 64.7 Å². The summed E-state index contributed by atoms with van der Waals surface area (Å²) >= 11 is 0. The number of nitrogens with zero attached hydrogens (tertiary/aromatic N) is 1. The molecule has 0 spiro atoms. The van der Waals surface area contributed by atoms with Crippen LogP contribution in [0.3, 0.4) is 0 Å². The molecule has 0 aliphatic carbocycles. The Morgan fingerprint density at radius 1 is 1.23 bits per heavy atom. The van der Waals surface area contributed by atoms with E-state index < -0.39 is 39.3 Å². The summed E-state index contributed by atoms with van der Waals surface area (Å²) in [4.78, 5) is 27.4. The minimum atomic E-state index is -5.19. The normalized spacial score (nSPS) is 17.4. The van der Waals surface area contributed by atoms with Gasteiger partial charge in [0.25, 0.3) is 0 Å². The van der Waals surface area contributed by atoms with E-state index in [2.05, 4.69) is 18.2 Å². The Balaban J connectivity index is 0.00000422. The first-order valence-electron chi connectivity index (χ1n) is 12.7. The van der Waals surface area contributed by atoms with Gasteiger partial charge in [0.15, 0.2) is 0 Å². The molecule has 240 valence electrons. The highest BCUT2D eigenvalue weighted by Crippen LogP contribution is 2.30. The number of aliphatic hydroxyl groups excluding tert-OH is 1. The van der Waals surface area contributed by atoms with E-state index in [4.69, 9.17) is 20.3 Å². The summed E-state index contributed by atoms with van der Waals surface area (Å²) in [6.45, 7) is 13.0. The zero-order chi connectivity index (χ0) is 33.5. The fourth-order valence-electron chi connectivity index (χ4n) is 3.56. The van der Waals surface area contributed by atoms with Gasteiger partial charge in [0, 0.05) is 12.7 Å². The number of ether oxygens (including phenoxy) is 2. The van der Waals surface area contributed by atoms with Crippen LogP contribution >= 0.6 is 0 Å². The van der Waals surface area contributed by atoms with Gasteiger partial charge < -0.3 is 25.6 Å². The molecule has 2 atom stereocenters. The molecule has 0 bridgehead atoms. The molecule has 5 N–H and O–H groups in total. The number of halogens is 3. The standard InChI is InChI=1S/C25H29F3N4O6S.C2H6.CH4O/c1-6-18(38-5)12-19(15(3)37-4)14(2)30-23(29)20(31-24(34)25(26,27)28)11-16-7-9-17(10-8-16)21-13-22(33)32-39(21,35)36;2*1-2/h6-10,12,20-21H,1-2,11,13H2,3-5H3,(H2,29,30)(H,31,34)(H,32,33);1-2H3;2H,1H3/b18-12+,19-15-;;. The average molecular weight is 633 g/mol. The van der Waals surface area contributed by atoms with Crippen LogP contribution < -0.4 is 15.8 Å². The minimum Gasteiger partial charge on any atom is -0.501 e. The summed E-state index contributed by atoms with van der Waals surface area (Å²) in [5, 5.41) is 7.74. The Labute approximate surface area is 250 Å². The fraction of sp³-hybridized carbons (Fsp3) is 0.393. The van der Waals surface area contributed by atoms with Gasteiger partial charge in [-0.2, -0.15) is 13.2 Å². The Morgan fingerprint density at radius 2 is 1.79 bits per heavy atom. The second-order valence-corrected chi connectivity index (χ2v) is 10.2. The number of amidine groups is 1. The number of hydrogen-bond donors (Lipinski definition) is 4. The van der Waals surface area contributed by atoms with Crippen LogP contribution in [0.4, 0.5) is 13.2 Å². The second-order valence-electron chi connectivity index (χ2n) is 8.34. The maximum Gasteiger partial charge on any atom is 0.471 e. The third kappa shape index (κ3) is 11.6. The number of rotatable bonds is 11. The van der Waals surface area contributed by atoms with Gasteiger partial charge in [0.1, 0.15) is 22.6 Å². The molecule has 2 unspecified atom stereocenters. The minimum absolute atomic E-state index is 0.00784. The number of sulfonamides is 1. The number of allylic oxidation sites excluding steroid dienone is 3. The molecule has 0 saturated carbocycles. The molecule has 1 saturated heterocycles. The largest absolute Gasteiger partial charge is 0.501 e. The van der Waals surface area contributed by atoms with Gasteiger partial charge in [-0.25, -0.2) is 13.4 Å². The number of benzene rings is 1. The molecule has 15 heteroatoms. The van der Waals surface area contributed by atoms with Crippen LogP contribution in [0.2, 0.25) is 0 Å². The lowest BCUT2D eigenvalue weighted by Gasteiger charge is -2.20. The van der Waals surface area contributed by atoms with E-state index in [0.717, 1.165) is 7.11 Å². The Hall–Kier alpha value is -4.11. The topological polar surface area (TPSA) is 169 Å². The van der Waals surface area contributed by atoms with Crippen LogP contribution in [0.5, 0.6) is 0 Å². The molecule has 1 aliphatic rings. The lowest BCUT2D eigenvalue weighted by Crippen LogP contribution is -2.50. The summed E-state index contributed by atoms with van der Waals surface area (Å²) in [5.41, 5.74) is 7.10. The zero-order valence-corrected chi connectivity index (χ0v) is 25.7. The molecular weight excluding hydrogens is 593 g/mol. The van der Waals surface area contributed by atoms with Crippen molar-refractivity contribution in [3.8, 4) is 0 Å². The van der Waals surface area contributed by atoms with Gasteiger partial charge in [0.2, 0.25) is 15.9 Å². The third-order valence-electron chi connectivity index (χ3n) is 5.70. The van der Waals surface area contributed by atoms with Gasteiger partial charge in [-0.3, -0.25) is 14.3 Å². The van der Waals surface area contributed by atoms with Crippen molar-refractivity contribution in [3.05, 3.63) is 83.5 Å². The predicted molar refractivity (Wildman–Crippen MR) is 158 cm³/mol. The summed E-state index contributed by atoms with van der Waals surface area (Å²) in [7, 11) is -0.0868. The van der Waals surface area contributed by atoms with Gasteiger partial charge in [-0.1, -0.05) is 51.3 Å². The van der Waals surface area contributed by atoms with Crippen LogP contribution in [0, 0.1) is 0 Å². The molecule has 1 aromatic rings. The van der Waals surface area contributed by atoms with Crippen molar-refractivity contribution in [1.29, 1.82) is 0 Å². The van der Waals surface area contributed by atoms with Crippen LogP contribution in [0.15, 0.2) is 77.4 Å². The van der Waals surface area contributed by atoms with Crippen molar-refractivity contribution in [3.63, 3.8) is 0 Å². The van der Waals surface area contributed by atoms with Crippen LogP contribution in [-0.2, 0) is 35.5 Å². The summed E-state index contributed by atoms with van der Waals surface area (Å²) in [6.07, 6.45) is -2.78. The SMILES string of the molecule is C=C/C(=C\C(C(=C)N=C(N)C(Cc1ccc(C2CC(=O)NS2(=O)=O)cc1)NC(=O)C(F)(F)F)=C(/C)OC)OC.CC.CO. The Bertz CT molecular complexity index is 1340. The van der Waals surface area contributed by atoms with Crippen molar-refractivity contribution in [2.24, 2.45) is 10.7 Å². The number of amides is 2. The fourth-order valence-corrected chi connectivity index (χ4v) is 4.98. The number of carbonyl (C=O) groups is 2. The number of alkyl halides is 3. The van der Waals surface area contributed by atoms with E-state index in [1.807, 2.05) is 23.9 Å². The van der Waals surface area contributed by atoms with Crippen LogP contribution in [0.25, 0.3) is 0 Å². The van der Waals surface area contributed by atoms with E-state index in [9.17, 15) is 31.2 Å². The van der Waals surface area contributed by atoms with E-state index in [-0.39, 0.29) is 24.4 Å². The van der Waals surface area contributed by atoms with Crippen molar-refractivity contribution >= 4 is 27.7 Å². The number of aliphatic hydroxyl groups is 1. The number of methoxy groups -OCH3 is 2. The lowest BCUT2D eigenvalue weighted by atomic mass is 10.0. The van der Waals surface area contributed by atoms with E-state index in [1.165, 1.54) is 50.6 Å². The highest BCUT2D eigenvalue weighted by molar-refractivity contribution is 7.90. The molecule has 11 nitrogen and oxygen atoms in total. The highest BCUT2D eigenvalue weighted by Gasteiger charge is 2.40. The molecule has 1 heterocycles. The number of nitrogens with two attached hydrogens (primary N) is 1. The molecular formula is C28H39F3N4O7S. The first-order valence-corrected chi connectivity index (χ1v) is 14.3.